The van der Waals surface area contributed by atoms with E-state index < -0.39 is 26.1 Å². The molecule has 0 bridgehead atoms. The fourth-order valence-electron chi connectivity index (χ4n) is 3.19. The molecule has 2 aromatic carbocycles. The second-order valence-electron chi connectivity index (χ2n) is 7.63. The first kappa shape index (κ1) is 23.4. The van der Waals surface area contributed by atoms with Crippen LogP contribution in [0.2, 0.25) is 0 Å². The van der Waals surface area contributed by atoms with Crippen molar-refractivity contribution in [1.82, 2.24) is 0 Å². The van der Waals surface area contributed by atoms with Crippen molar-refractivity contribution in [1.29, 1.82) is 0 Å². The lowest BCUT2D eigenvalue weighted by Gasteiger charge is -2.28. The molecule has 0 aromatic heterocycles. The van der Waals surface area contributed by atoms with Crippen LogP contribution in [-0.2, 0) is 20.0 Å². The van der Waals surface area contributed by atoms with E-state index in [2.05, 4.69) is 4.99 Å². The van der Waals surface area contributed by atoms with E-state index in [0.717, 1.165) is 11.1 Å². The number of nitrogens with two attached hydrogens (primary N) is 3. The number of guanidine groups is 1. The second-order valence-corrected chi connectivity index (χ2v) is 9.83. The molecular formula is C21H28N4O4S. The van der Waals surface area contributed by atoms with Crippen LogP contribution in [0.3, 0.4) is 0 Å². The van der Waals surface area contributed by atoms with Gasteiger partial charge in [-0.25, -0.2) is 13.2 Å². The van der Waals surface area contributed by atoms with E-state index in [1.807, 2.05) is 50.2 Å². The Morgan fingerprint density at radius 3 is 2.20 bits per heavy atom. The Bertz CT molecular complexity index is 1030. The highest BCUT2D eigenvalue weighted by Gasteiger charge is 2.48. The lowest BCUT2D eigenvalue weighted by molar-refractivity contribution is -0.140. The average Bonchev–Trinajstić information content (AvgIpc) is 2.71. The Morgan fingerprint density at radius 1 is 1.03 bits per heavy atom. The van der Waals surface area contributed by atoms with Crippen LogP contribution >= 0.6 is 0 Å². The Morgan fingerprint density at radius 2 is 1.63 bits per heavy atom. The van der Waals surface area contributed by atoms with Gasteiger partial charge in [-0.1, -0.05) is 56.3 Å². The quantitative estimate of drug-likeness (QED) is 0.265. The van der Waals surface area contributed by atoms with Gasteiger partial charge in [0, 0.05) is 12.0 Å². The molecule has 0 spiro atoms. The lowest BCUT2D eigenvalue weighted by atomic mass is 9.78. The number of rotatable bonds is 9. The number of aliphatic imine (C=N–C) groups is 1. The van der Waals surface area contributed by atoms with Crippen LogP contribution in [0, 0.1) is 0 Å². The predicted molar refractivity (Wildman–Crippen MR) is 117 cm³/mol. The summed E-state index contributed by atoms with van der Waals surface area (Å²) in [7, 11) is -4.40. The summed E-state index contributed by atoms with van der Waals surface area (Å²) in [6, 6.07) is 15.9. The Labute approximate surface area is 176 Å². The molecule has 2 rings (SSSR count). The summed E-state index contributed by atoms with van der Waals surface area (Å²) in [5.74, 6) is -1.79. The molecule has 0 aliphatic rings. The molecule has 162 valence electrons. The largest absolute Gasteiger partial charge is 0.479 e. The molecule has 0 aliphatic carbocycles. The minimum atomic E-state index is -4.40. The molecule has 7 N–H and O–H groups in total. The third-order valence-electron chi connectivity index (χ3n) is 5.20. The molecule has 0 amide bonds. The van der Waals surface area contributed by atoms with Gasteiger partial charge >= 0.3 is 5.97 Å². The fraction of sp³-hybridized carbons (Fsp3) is 0.333. The van der Waals surface area contributed by atoms with E-state index >= 15 is 0 Å². The SMILES string of the molecule is CC(C)(c1ccccc1)c1cccc(S(=O)(=O)[C@@](N)(CCCN=C(N)N)C(=O)O)c1. The number of hydrogen-bond donors (Lipinski definition) is 4. The van der Waals surface area contributed by atoms with Crippen molar-refractivity contribution in [3.05, 3.63) is 65.7 Å². The summed E-state index contributed by atoms with van der Waals surface area (Å²) in [5, 5.41) is 9.66. The van der Waals surface area contributed by atoms with E-state index in [1.54, 1.807) is 6.07 Å². The smallest absolute Gasteiger partial charge is 0.339 e. The van der Waals surface area contributed by atoms with Crippen molar-refractivity contribution in [2.45, 2.75) is 41.9 Å². The van der Waals surface area contributed by atoms with Crippen LogP contribution in [0.15, 0.2) is 64.5 Å². The molecule has 0 unspecified atom stereocenters. The van der Waals surface area contributed by atoms with E-state index in [1.165, 1.54) is 12.1 Å². The van der Waals surface area contributed by atoms with E-state index in [4.69, 9.17) is 17.2 Å². The first-order chi connectivity index (χ1) is 13.9. The molecule has 0 saturated heterocycles. The highest BCUT2D eigenvalue weighted by Crippen LogP contribution is 2.34. The fourth-order valence-corrected chi connectivity index (χ4v) is 4.79. The van der Waals surface area contributed by atoms with Crippen molar-refractivity contribution in [2.24, 2.45) is 22.2 Å². The zero-order chi connectivity index (χ0) is 22.6. The van der Waals surface area contributed by atoms with Crippen LogP contribution in [-0.4, -0.2) is 36.9 Å². The number of carboxylic acid groups (broad SMARTS) is 1. The normalized spacial score (nSPS) is 14.0. The lowest BCUT2D eigenvalue weighted by Crippen LogP contribution is -2.54. The third-order valence-corrected chi connectivity index (χ3v) is 7.42. The summed E-state index contributed by atoms with van der Waals surface area (Å²) >= 11 is 0. The molecule has 0 radical (unpaired) electrons. The standard InChI is InChI=1S/C21H28N4O4S/c1-20(2,15-8-4-3-5-9-15)16-10-6-11-17(14-16)30(28,29)21(24,18(26)27)12-7-13-25-19(22)23/h3-6,8-11,14H,7,12-13,24H2,1-2H3,(H,26,27)(H4,22,23,25)/t21-/m0/s1. The summed E-state index contributed by atoms with van der Waals surface area (Å²) < 4.78 is 26.5. The van der Waals surface area contributed by atoms with Gasteiger partial charge in [0.25, 0.3) is 0 Å². The average molecular weight is 433 g/mol. The summed E-state index contributed by atoms with van der Waals surface area (Å²) in [6.45, 7) is 4.01. The first-order valence-electron chi connectivity index (χ1n) is 9.41. The van der Waals surface area contributed by atoms with Gasteiger partial charge in [-0.15, -0.1) is 0 Å². The molecule has 9 heteroatoms. The van der Waals surface area contributed by atoms with Crippen molar-refractivity contribution < 1.29 is 18.3 Å². The number of hydrogen-bond acceptors (Lipinski definition) is 5. The molecule has 30 heavy (non-hydrogen) atoms. The summed E-state index contributed by atoms with van der Waals surface area (Å²) in [6.07, 6.45) is -0.247. The van der Waals surface area contributed by atoms with Gasteiger partial charge in [0.05, 0.1) is 4.90 Å². The number of benzene rings is 2. The maximum absolute atomic E-state index is 13.2. The number of carboxylic acids is 1. The van der Waals surface area contributed by atoms with Gasteiger partial charge in [-0.3, -0.25) is 4.99 Å². The molecule has 0 saturated carbocycles. The van der Waals surface area contributed by atoms with Crippen LogP contribution in [0.1, 0.15) is 37.8 Å². The van der Waals surface area contributed by atoms with E-state index in [0.29, 0.717) is 0 Å². The van der Waals surface area contributed by atoms with Crippen molar-refractivity contribution in [3.8, 4) is 0 Å². The number of sulfone groups is 1. The maximum atomic E-state index is 13.2. The Balaban J connectivity index is 2.44. The molecule has 0 heterocycles. The Kier molecular flexibility index (Phi) is 6.89. The molecule has 8 nitrogen and oxygen atoms in total. The molecule has 0 fully saturated rings. The highest BCUT2D eigenvalue weighted by molar-refractivity contribution is 7.93. The van der Waals surface area contributed by atoms with Gasteiger partial charge in [-0.2, -0.15) is 0 Å². The third kappa shape index (κ3) is 4.63. The monoisotopic (exact) mass is 432 g/mol. The number of aliphatic carboxylic acids is 1. The van der Waals surface area contributed by atoms with Gasteiger partial charge in [0.15, 0.2) is 5.96 Å². The van der Waals surface area contributed by atoms with Gasteiger partial charge < -0.3 is 22.3 Å². The zero-order valence-corrected chi connectivity index (χ0v) is 17.9. The summed E-state index contributed by atoms with van der Waals surface area (Å²) in [4.78, 5) is 13.0. The zero-order valence-electron chi connectivity index (χ0n) is 17.1. The van der Waals surface area contributed by atoms with Crippen molar-refractivity contribution in [2.75, 3.05) is 6.54 Å². The van der Waals surface area contributed by atoms with Crippen LogP contribution < -0.4 is 17.2 Å². The van der Waals surface area contributed by atoms with E-state index in [-0.39, 0.29) is 30.2 Å². The number of nitrogens with zero attached hydrogens (tertiary/aromatic N) is 1. The first-order valence-corrected chi connectivity index (χ1v) is 10.9. The van der Waals surface area contributed by atoms with Crippen molar-refractivity contribution >= 4 is 21.8 Å². The minimum Gasteiger partial charge on any atom is -0.479 e. The second kappa shape index (κ2) is 8.85. The van der Waals surface area contributed by atoms with Gasteiger partial charge in [0.1, 0.15) is 0 Å². The van der Waals surface area contributed by atoms with Gasteiger partial charge in [-0.05, 0) is 36.1 Å². The maximum Gasteiger partial charge on any atom is 0.339 e. The van der Waals surface area contributed by atoms with Crippen LogP contribution in [0.4, 0.5) is 0 Å². The molecule has 1 atom stereocenters. The number of carbonyl (C=O) groups is 1. The summed E-state index contributed by atoms with van der Waals surface area (Å²) in [5.41, 5.74) is 17.7. The van der Waals surface area contributed by atoms with Crippen molar-refractivity contribution in [3.63, 3.8) is 0 Å². The molecular weight excluding hydrogens is 404 g/mol. The molecule has 2 aromatic rings. The van der Waals surface area contributed by atoms with E-state index in [9.17, 15) is 18.3 Å². The minimum absolute atomic E-state index is 0.0746. The van der Waals surface area contributed by atoms with Crippen LogP contribution in [0.25, 0.3) is 0 Å². The predicted octanol–water partition coefficient (Wildman–Crippen LogP) is 1.58. The van der Waals surface area contributed by atoms with Gasteiger partial charge in [0.2, 0.25) is 14.7 Å². The van der Waals surface area contributed by atoms with Crippen LogP contribution in [0.5, 0.6) is 0 Å². The highest BCUT2D eigenvalue weighted by atomic mass is 32.2. The molecule has 0 aliphatic heterocycles. The Hall–Kier alpha value is -2.91. The topological polar surface area (TPSA) is 162 Å².